The zero-order chi connectivity index (χ0) is 19.4. The van der Waals surface area contributed by atoms with Crippen LogP contribution in [0.4, 0.5) is 4.39 Å². The lowest BCUT2D eigenvalue weighted by atomic mass is 10.0. The number of aryl methyl sites for hydroxylation is 1. The normalized spacial score (nSPS) is 18.3. The number of aromatic nitrogens is 3. The summed E-state index contributed by atoms with van der Waals surface area (Å²) in [6, 6.07) is 5.73. The van der Waals surface area contributed by atoms with Gasteiger partial charge in [-0.15, -0.1) is 0 Å². The molecule has 1 aromatic carbocycles. The number of H-pyrrole nitrogens is 1. The van der Waals surface area contributed by atoms with Crippen LogP contribution < -0.4 is 5.32 Å². The van der Waals surface area contributed by atoms with Gasteiger partial charge in [-0.2, -0.15) is 5.10 Å². The number of pyridine rings is 1. The van der Waals surface area contributed by atoms with E-state index in [0.717, 1.165) is 6.54 Å². The van der Waals surface area contributed by atoms with Crippen LogP contribution in [0, 0.1) is 18.7 Å². The van der Waals surface area contributed by atoms with Gasteiger partial charge in [-0.3, -0.25) is 9.89 Å². The van der Waals surface area contributed by atoms with E-state index < -0.39 is 11.6 Å². The zero-order valence-corrected chi connectivity index (χ0v) is 15.2. The molecule has 5 rings (SSSR count). The van der Waals surface area contributed by atoms with Crippen LogP contribution in [0.3, 0.4) is 0 Å². The number of nitrogens with zero attached hydrogens (tertiary/aromatic N) is 3. The van der Waals surface area contributed by atoms with Crippen molar-refractivity contribution in [3.05, 3.63) is 53.1 Å². The summed E-state index contributed by atoms with van der Waals surface area (Å²) in [5, 5.41) is 20.4. The number of rotatable bonds is 2. The molecule has 0 spiro atoms. The molecule has 3 N–H and O–H groups in total. The van der Waals surface area contributed by atoms with Crippen LogP contribution >= 0.6 is 0 Å². The number of hydrogen-bond donors (Lipinski definition) is 3. The van der Waals surface area contributed by atoms with Gasteiger partial charge in [-0.05, 0) is 43.0 Å². The molecule has 1 fully saturated rings. The van der Waals surface area contributed by atoms with Gasteiger partial charge in [-0.25, -0.2) is 9.37 Å². The second-order valence-corrected chi connectivity index (χ2v) is 7.26. The third-order valence-electron chi connectivity index (χ3n) is 5.46. The first kappa shape index (κ1) is 16.7. The minimum Gasteiger partial charge on any atom is -0.505 e. The molecule has 7 nitrogen and oxygen atoms in total. The number of benzene rings is 1. The lowest BCUT2D eigenvalue weighted by Gasteiger charge is -2.18. The molecule has 0 bridgehead atoms. The number of fused-ring (bicyclic) bond motifs is 2. The first-order valence-electron chi connectivity index (χ1n) is 9.07. The first-order chi connectivity index (χ1) is 13.5. The molecule has 4 heterocycles. The molecule has 2 aliphatic heterocycles. The molecule has 3 aromatic rings. The smallest absolute Gasteiger partial charge is 0.255 e. The highest BCUT2D eigenvalue weighted by molar-refractivity contribution is 6.07. The first-order valence-corrected chi connectivity index (χ1v) is 9.07. The third-order valence-corrected chi connectivity index (χ3v) is 5.46. The van der Waals surface area contributed by atoms with Crippen molar-refractivity contribution in [3.8, 4) is 17.0 Å². The molecular weight excluding hydrogens is 361 g/mol. The van der Waals surface area contributed by atoms with E-state index in [2.05, 4.69) is 20.5 Å². The van der Waals surface area contributed by atoms with Crippen LogP contribution in [0.2, 0.25) is 0 Å². The van der Waals surface area contributed by atoms with Crippen molar-refractivity contribution in [1.29, 1.82) is 0 Å². The number of aromatic hydroxyl groups is 1. The maximum Gasteiger partial charge on any atom is 0.255 e. The average molecular weight is 379 g/mol. The topological polar surface area (TPSA) is 94.1 Å². The third kappa shape index (κ3) is 2.52. The number of halogens is 1. The summed E-state index contributed by atoms with van der Waals surface area (Å²) in [5.74, 6) is -0.894. The Balaban J connectivity index is 1.61. The molecule has 0 saturated carbocycles. The number of aromatic amines is 1. The Hall–Kier alpha value is -3.42. The van der Waals surface area contributed by atoms with Crippen LogP contribution in [-0.2, 0) is 0 Å². The van der Waals surface area contributed by atoms with Crippen LogP contribution in [0.25, 0.3) is 22.3 Å². The summed E-state index contributed by atoms with van der Waals surface area (Å²) in [7, 11) is 0. The van der Waals surface area contributed by atoms with E-state index >= 15 is 0 Å². The fourth-order valence-corrected chi connectivity index (χ4v) is 3.98. The number of likely N-dealkylation sites (tertiary alicyclic amines) is 1. The molecular formula is C20H18FN5O2. The number of phenols is 1. The van der Waals surface area contributed by atoms with Gasteiger partial charge in [0.2, 0.25) is 0 Å². The number of hydrogen-bond acceptors (Lipinski definition) is 5. The van der Waals surface area contributed by atoms with E-state index in [1.54, 1.807) is 12.1 Å². The van der Waals surface area contributed by atoms with E-state index in [4.69, 9.17) is 0 Å². The van der Waals surface area contributed by atoms with E-state index in [-0.39, 0.29) is 5.91 Å². The molecule has 8 heteroatoms. The van der Waals surface area contributed by atoms with Crippen molar-refractivity contribution in [2.45, 2.75) is 6.92 Å². The van der Waals surface area contributed by atoms with Crippen LogP contribution in [0.1, 0.15) is 16.1 Å². The van der Waals surface area contributed by atoms with Crippen LogP contribution in [-0.4, -0.2) is 50.7 Å². The lowest BCUT2D eigenvalue weighted by Crippen LogP contribution is -2.30. The van der Waals surface area contributed by atoms with E-state index in [0.29, 0.717) is 52.6 Å². The van der Waals surface area contributed by atoms with Gasteiger partial charge in [0, 0.05) is 31.1 Å². The van der Waals surface area contributed by atoms with Crippen molar-refractivity contribution in [1.82, 2.24) is 25.4 Å². The van der Waals surface area contributed by atoms with Gasteiger partial charge < -0.3 is 15.3 Å². The number of amides is 1. The Labute approximate surface area is 159 Å². The molecule has 2 aromatic heterocycles. The maximum absolute atomic E-state index is 13.8. The minimum absolute atomic E-state index is 0.0901. The quantitative estimate of drug-likeness (QED) is 0.635. The fourth-order valence-electron chi connectivity index (χ4n) is 3.98. The molecule has 1 saturated heterocycles. The minimum atomic E-state index is -0.736. The Morgan fingerprint density at radius 3 is 3.00 bits per heavy atom. The number of carbonyl (C=O) groups is 1. The summed E-state index contributed by atoms with van der Waals surface area (Å²) >= 11 is 0. The van der Waals surface area contributed by atoms with Crippen molar-refractivity contribution in [2.24, 2.45) is 5.92 Å². The van der Waals surface area contributed by atoms with Crippen molar-refractivity contribution in [2.75, 3.05) is 19.6 Å². The maximum atomic E-state index is 13.8. The SMILES string of the molecule is Cc1n[nH]c2nc(-c3ccc(O)c(F)c3)cc(C(=O)N3CC4=CNC[C@@H]4C3)c12. The summed E-state index contributed by atoms with van der Waals surface area (Å²) in [4.78, 5) is 19.7. The standard InChI is InChI=1S/C20H18FN5O2/c1-10-18-14(20(28)26-8-12-6-22-7-13(12)9-26)5-16(23-19(18)25-24-10)11-2-3-17(27)15(21)4-11/h2-6,13,22,27H,7-9H2,1H3,(H,23,24,25)/t13-/m1/s1. The molecule has 0 aliphatic carbocycles. The number of nitrogens with one attached hydrogen (secondary N) is 2. The van der Waals surface area contributed by atoms with Gasteiger partial charge in [-0.1, -0.05) is 0 Å². The molecule has 28 heavy (non-hydrogen) atoms. The molecule has 142 valence electrons. The number of carbonyl (C=O) groups excluding carboxylic acids is 1. The molecule has 0 unspecified atom stereocenters. The zero-order valence-electron chi connectivity index (χ0n) is 15.2. The van der Waals surface area contributed by atoms with Gasteiger partial charge >= 0.3 is 0 Å². The Morgan fingerprint density at radius 1 is 1.36 bits per heavy atom. The Kier molecular flexibility index (Phi) is 3.61. The van der Waals surface area contributed by atoms with Gasteiger partial charge in [0.05, 0.1) is 22.3 Å². The predicted octanol–water partition coefficient (Wildman–Crippen LogP) is 2.34. The second-order valence-electron chi connectivity index (χ2n) is 7.26. The summed E-state index contributed by atoms with van der Waals surface area (Å²) < 4.78 is 13.8. The summed E-state index contributed by atoms with van der Waals surface area (Å²) in [6.07, 6.45) is 1.99. The van der Waals surface area contributed by atoms with Gasteiger partial charge in [0.1, 0.15) is 0 Å². The highest BCUT2D eigenvalue weighted by atomic mass is 19.1. The molecule has 1 amide bonds. The van der Waals surface area contributed by atoms with E-state index in [1.165, 1.54) is 17.7 Å². The van der Waals surface area contributed by atoms with Gasteiger partial charge in [0.25, 0.3) is 5.91 Å². The lowest BCUT2D eigenvalue weighted by molar-refractivity contribution is 0.0790. The van der Waals surface area contributed by atoms with Crippen molar-refractivity contribution in [3.63, 3.8) is 0 Å². The van der Waals surface area contributed by atoms with E-state index in [1.807, 2.05) is 18.0 Å². The highest BCUT2D eigenvalue weighted by Crippen LogP contribution is 2.31. The van der Waals surface area contributed by atoms with Crippen molar-refractivity contribution < 1.29 is 14.3 Å². The van der Waals surface area contributed by atoms with Gasteiger partial charge in [0.15, 0.2) is 17.2 Å². The monoisotopic (exact) mass is 379 g/mol. The average Bonchev–Trinajstić information content (AvgIpc) is 3.38. The Bertz CT molecular complexity index is 1150. The highest BCUT2D eigenvalue weighted by Gasteiger charge is 2.34. The Morgan fingerprint density at radius 2 is 2.21 bits per heavy atom. The summed E-state index contributed by atoms with van der Waals surface area (Å²) in [5.41, 5.74) is 3.82. The largest absolute Gasteiger partial charge is 0.505 e. The summed E-state index contributed by atoms with van der Waals surface area (Å²) in [6.45, 7) is 3.94. The molecule has 0 radical (unpaired) electrons. The van der Waals surface area contributed by atoms with Crippen LogP contribution in [0.15, 0.2) is 36.0 Å². The molecule has 1 atom stereocenters. The number of phenolic OH excluding ortho intramolecular Hbond substituents is 1. The predicted molar refractivity (Wildman–Crippen MR) is 101 cm³/mol. The van der Waals surface area contributed by atoms with E-state index in [9.17, 15) is 14.3 Å². The van der Waals surface area contributed by atoms with Crippen molar-refractivity contribution >= 4 is 16.9 Å². The molecule has 2 aliphatic rings. The van der Waals surface area contributed by atoms with Crippen LogP contribution in [0.5, 0.6) is 5.75 Å². The fraction of sp³-hybridized carbons (Fsp3) is 0.250. The second kappa shape index (κ2) is 6.05.